The van der Waals surface area contributed by atoms with E-state index in [1.54, 1.807) is 17.8 Å². The first-order valence-electron chi connectivity index (χ1n) is 6.50. The molecule has 2 N–H and O–H groups in total. The van der Waals surface area contributed by atoms with Gasteiger partial charge < -0.3 is 15.3 Å². The van der Waals surface area contributed by atoms with E-state index >= 15 is 0 Å². The number of benzene rings is 1. The molecular weight excluding hydrogens is 272 g/mol. The van der Waals surface area contributed by atoms with Gasteiger partial charge in [0.1, 0.15) is 0 Å². The smallest absolute Gasteiger partial charge is 0.318 e. The Labute approximate surface area is 124 Å². The molecule has 5 heteroatoms. The zero-order chi connectivity index (χ0) is 15.0. The van der Waals surface area contributed by atoms with Crippen molar-refractivity contribution in [2.75, 3.05) is 26.0 Å². The molecule has 0 spiro atoms. The molecule has 0 bridgehead atoms. The van der Waals surface area contributed by atoms with Gasteiger partial charge in [0.2, 0.25) is 0 Å². The van der Waals surface area contributed by atoms with Gasteiger partial charge in [0.25, 0.3) is 0 Å². The number of rotatable bonds is 7. The minimum absolute atomic E-state index is 0.0537. The lowest BCUT2D eigenvalue weighted by Crippen LogP contribution is -2.41. The summed E-state index contributed by atoms with van der Waals surface area (Å²) in [6.07, 6.45) is 3.67. The molecule has 1 aromatic carbocycles. The molecule has 0 aromatic heterocycles. The summed E-state index contributed by atoms with van der Waals surface area (Å²) in [5.74, 6) is 0. The number of urea groups is 1. The molecule has 0 atom stereocenters. The highest BCUT2D eigenvalue weighted by molar-refractivity contribution is 7.98. The number of nitrogens with zero attached hydrogens (tertiary/aromatic N) is 1. The van der Waals surface area contributed by atoms with Crippen LogP contribution in [0.15, 0.2) is 35.7 Å². The van der Waals surface area contributed by atoms with Crippen LogP contribution in [-0.2, 0) is 6.54 Å². The number of aliphatic hydroxyl groups is 1. The van der Waals surface area contributed by atoms with Crippen LogP contribution in [-0.4, -0.2) is 42.0 Å². The van der Waals surface area contributed by atoms with Gasteiger partial charge in [0.15, 0.2) is 0 Å². The maximum absolute atomic E-state index is 12.0. The molecule has 0 aliphatic rings. The van der Waals surface area contributed by atoms with Crippen molar-refractivity contribution in [2.24, 2.45) is 0 Å². The second-order valence-corrected chi connectivity index (χ2v) is 5.28. The van der Waals surface area contributed by atoms with Gasteiger partial charge in [-0.3, -0.25) is 0 Å². The summed E-state index contributed by atoms with van der Waals surface area (Å²) < 4.78 is 0. The molecule has 4 nitrogen and oxygen atoms in total. The maximum atomic E-state index is 12.0. The number of hydrogen-bond donors (Lipinski definition) is 2. The minimum Gasteiger partial charge on any atom is -0.395 e. The number of carbonyl (C=O) groups excluding carboxylic acids is 1. The highest BCUT2D eigenvalue weighted by atomic mass is 32.2. The van der Waals surface area contributed by atoms with Gasteiger partial charge in [-0.1, -0.05) is 18.2 Å². The molecule has 0 fully saturated rings. The molecule has 0 aliphatic heterocycles. The number of carbonyl (C=O) groups is 1. The molecule has 1 rings (SSSR count). The standard InChI is InChI=1S/C15H22N2O2S/c1-4-7-17(8-9-18)15(19)16-11-13-6-5-12(2)10-14(13)20-3/h4-6,10,18H,1,7-9,11H2,2-3H3,(H,16,19). The highest BCUT2D eigenvalue weighted by Gasteiger charge is 2.11. The van der Waals surface area contributed by atoms with Crippen molar-refractivity contribution in [3.05, 3.63) is 42.0 Å². The molecule has 1 aromatic rings. The van der Waals surface area contributed by atoms with Crippen LogP contribution in [0.3, 0.4) is 0 Å². The lowest BCUT2D eigenvalue weighted by molar-refractivity contribution is 0.183. The average Bonchev–Trinajstić information content (AvgIpc) is 2.45. The first kappa shape index (κ1) is 16.6. The normalized spacial score (nSPS) is 10.2. The van der Waals surface area contributed by atoms with E-state index in [4.69, 9.17) is 5.11 Å². The Morgan fingerprint density at radius 2 is 2.30 bits per heavy atom. The fourth-order valence-corrected chi connectivity index (χ4v) is 2.54. The van der Waals surface area contributed by atoms with Crippen molar-refractivity contribution >= 4 is 17.8 Å². The van der Waals surface area contributed by atoms with E-state index in [1.165, 1.54) is 15.4 Å². The summed E-state index contributed by atoms with van der Waals surface area (Å²) in [5.41, 5.74) is 2.30. The van der Waals surface area contributed by atoms with E-state index in [2.05, 4.69) is 24.9 Å². The first-order valence-corrected chi connectivity index (χ1v) is 7.73. The van der Waals surface area contributed by atoms with E-state index in [0.29, 0.717) is 19.6 Å². The van der Waals surface area contributed by atoms with Crippen molar-refractivity contribution in [3.63, 3.8) is 0 Å². The number of hydrogen-bond acceptors (Lipinski definition) is 3. The fourth-order valence-electron chi connectivity index (χ4n) is 1.83. The van der Waals surface area contributed by atoms with E-state index < -0.39 is 0 Å². The van der Waals surface area contributed by atoms with E-state index in [0.717, 1.165) is 5.56 Å². The van der Waals surface area contributed by atoms with Crippen LogP contribution in [0.2, 0.25) is 0 Å². The van der Waals surface area contributed by atoms with Crippen molar-refractivity contribution in [1.29, 1.82) is 0 Å². The Bertz CT molecular complexity index is 463. The highest BCUT2D eigenvalue weighted by Crippen LogP contribution is 2.21. The van der Waals surface area contributed by atoms with Crippen molar-refractivity contribution in [2.45, 2.75) is 18.4 Å². The molecule has 0 saturated carbocycles. The zero-order valence-electron chi connectivity index (χ0n) is 12.1. The van der Waals surface area contributed by atoms with Gasteiger partial charge in [-0.2, -0.15) is 0 Å². The molecule has 0 saturated heterocycles. The van der Waals surface area contributed by atoms with E-state index in [9.17, 15) is 4.79 Å². The molecule has 110 valence electrons. The monoisotopic (exact) mass is 294 g/mol. The third-order valence-electron chi connectivity index (χ3n) is 2.88. The third kappa shape index (κ3) is 4.90. The Morgan fingerprint density at radius 1 is 1.55 bits per heavy atom. The Balaban J connectivity index is 2.65. The van der Waals surface area contributed by atoms with Gasteiger partial charge in [0.05, 0.1) is 6.61 Å². The van der Waals surface area contributed by atoms with Crippen molar-refractivity contribution in [3.8, 4) is 0 Å². The van der Waals surface area contributed by atoms with Crippen molar-refractivity contribution in [1.82, 2.24) is 10.2 Å². The molecule has 2 amide bonds. The SMILES string of the molecule is C=CCN(CCO)C(=O)NCc1ccc(C)cc1SC. The third-order valence-corrected chi connectivity index (χ3v) is 3.70. The van der Waals surface area contributed by atoms with Crippen LogP contribution < -0.4 is 5.32 Å². The second-order valence-electron chi connectivity index (χ2n) is 4.43. The van der Waals surface area contributed by atoms with Crippen LogP contribution >= 0.6 is 11.8 Å². The number of amides is 2. The molecule has 0 heterocycles. The number of nitrogens with one attached hydrogen (secondary N) is 1. The average molecular weight is 294 g/mol. The predicted molar refractivity (Wildman–Crippen MR) is 84.1 cm³/mol. The summed E-state index contributed by atoms with van der Waals surface area (Å²) in [5, 5.41) is 11.8. The topological polar surface area (TPSA) is 52.6 Å². The van der Waals surface area contributed by atoms with Crippen LogP contribution in [0.4, 0.5) is 4.79 Å². The second kappa shape index (κ2) is 8.66. The van der Waals surface area contributed by atoms with Crippen LogP contribution in [0.5, 0.6) is 0 Å². The van der Waals surface area contributed by atoms with E-state index in [1.807, 2.05) is 18.4 Å². The maximum Gasteiger partial charge on any atom is 0.318 e. The minimum atomic E-state index is -0.188. The lowest BCUT2D eigenvalue weighted by atomic mass is 10.1. The molecule has 20 heavy (non-hydrogen) atoms. The summed E-state index contributed by atoms with van der Waals surface area (Å²) in [6.45, 7) is 6.82. The summed E-state index contributed by atoms with van der Waals surface area (Å²) in [7, 11) is 0. The lowest BCUT2D eigenvalue weighted by Gasteiger charge is -2.21. The largest absolute Gasteiger partial charge is 0.395 e. The van der Waals surface area contributed by atoms with Gasteiger partial charge in [-0.25, -0.2) is 4.79 Å². The molecule has 0 radical (unpaired) electrons. The molecular formula is C15H22N2O2S. The van der Waals surface area contributed by atoms with Crippen molar-refractivity contribution < 1.29 is 9.90 Å². The Hall–Kier alpha value is -1.46. The predicted octanol–water partition coefficient (Wildman–Crippen LogP) is 2.41. The fraction of sp³-hybridized carbons (Fsp3) is 0.400. The Kier molecular flexibility index (Phi) is 7.18. The summed E-state index contributed by atoms with van der Waals surface area (Å²) in [4.78, 5) is 14.7. The number of aryl methyl sites for hydroxylation is 1. The summed E-state index contributed by atoms with van der Waals surface area (Å²) >= 11 is 1.67. The molecule has 0 unspecified atom stereocenters. The summed E-state index contributed by atoms with van der Waals surface area (Å²) in [6, 6.07) is 6.00. The van der Waals surface area contributed by atoms with Crippen LogP contribution in [0, 0.1) is 6.92 Å². The molecule has 0 aliphatic carbocycles. The van der Waals surface area contributed by atoms with E-state index in [-0.39, 0.29) is 12.6 Å². The van der Waals surface area contributed by atoms with Crippen LogP contribution in [0.25, 0.3) is 0 Å². The van der Waals surface area contributed by atoms with Gasteiger partial charge in [-0.05, 0) is 30.4 Å². The number of aliphatic hydroxyl groups excluding tert-OH is 1. The zero-order valence-corrected chi connectivity index (χ0v) is 12.9. The van der Waals surface area contributed by atoms with Gasteiger partial charge in [0, 0.05) is 24.5 Å². The van der Waals surface area contributed by atoms with Gasteiger partial charge in [-0.15, -0.1) is 18.3 Å². The van der Waals surface area contributed by atoms with Crippen LogP contribution in [0.1, 0.15) is 11.1 Å². The Morgan fingerprint density at radius 3 is 2.90 bits per heavy atom. The quantitative estimate of drug-likeness (QED) is 0.600. The number of thioether (sulfide) groups is 1. The van der Waals surface area contributed by atoms with Gasteiger partial charge >= 0.3 is 6.03 Å². The first-order chi connectivity index (χ1) is 9.62.